The summed E-state index contributed by atoms with van der Waals surface area (Å²) in [6, 6.07) is 19.9. The van der Waals surface area contributed by atoms with Gasteiger partial charge in [-0.1, -0.05) is 24.3 Å². The zero-order chi connectivity index (χ0) is 18.4. The molecule has 0 radical (unpaired) electrons. The fraction of sp³-hybridized carbons (Fsp3) is 0.143. The van der Waals surface area contributed by atoms with Crippen LogP contribution in [0, 0.1) is 0 Å². The summed E-state index contributed by atoms with van der Waals surface area (Å²) in [5.41, 5.74) is 4.96. The largest absolute Gasteiger partial charge is 0.387 e. The average molecular weight is 347 g/mol. The molecule has 1 unspecified atom stereocenters. The van der Waals surface area contributed by atoms with Gasteiger partial charge in [0, 0.05) is 29.8 Å². The Kier molecular flexibility index (Phi) is 5.61. The van der Waals surface area contributed by atoms with Gasteiger partial charge in [-0.3, -0.25) is 9.78 Å². The molecule has 1 aromatic heterocycles. The number of rotatable bonds is 6. The van der Waals surface area contributed by atoms with E-state index in [-0.39, 0.29) is 6.04 Å². The van der Waals surface area contributed by atoms with Crippen LogP contribution < -0.4 is 10.6 Å². The van der Waals surface area contributed by atoms with Gasteiger partial charge in [0.1, 0.15) is 6.61 Å². The van der Waals surface area contributed by atoms with E-state index in [0.29, 0.717) is 5.69 Å². The second-order valence-electron chi connectivity index (χ2n) is 6.01. The van der Waals surface area contributed by atoms with Gasteiger partial charge in [0.2, 0.25) is 5.91 Å². The van der Waals surface area contributed by atoms with E-state index in [1.165, 1.54) is 0 Å². The minimum Gasteiger partial charge on any atom is -0.387 e. The summed E-state index contributed by atoms with van der Waals surface area (Å²) in [5.74, 6) is -0.430. The number of hydrogen-bond donors (Lipinski definition) is 3. The fourth-order valence-corrected chi connectivity index (χ4v) is 2.75. The van der Waals surface area contributed by atoms with E-state index >= 15 is 0 Å². The van der Waals surface area contributed by atoms with Crippen molar-refractivity contribution in [1.82, 2.24) is 4.98 Å². The first-order valence-electron chi connectivity index (χ1n) is 8.43. The van der Waals surface area contributed by atoms with Crippen molar-refractivity contribution in [3.8, 4) is 11.1 Å². The minimum atomic E-state index is -0.532. The minimum absolute atomic E-state index is 0.0839. The quantitative estimate of drug-likeness (QED) is 0.633. The lowest BCUT2D eigenvalue weighted by atomic mass is 10.0. The number of aliphatic hydroxyl groups excluding tert-OH is 1. The van der Waals surface area contributed by atoms with Crippen LogP contribution in [0.4, 0.5) is 11.4 Å². The molecule has 5 heteroatoms. The van der Waals surface area contributed by atoms with E-state index in [4.69, 9.17) is 5.11 Å². The second kappa shape index (κ2) is 8.27. The molecule has 2 aromatic carbocycles. The Balaban J connectivity index is 1.75. The SMILES string of the molecule is CC(Nc1cccc(NC(=O)CO)c1)c1cccc(-c2ccncc2)c1. The third-order valence-electron chi connectivity index (χ3n) is 4.07. The van der Waals surface area contributed by atoms with Crippen LogP contribution in [0.2, 0.25) is 0 Å². The Morgan fingerprint density at radius 1 is 1.00 bits per heavy atom. The number of hydrogen-bond acceptors (Lipinski definition) is 4. The maximum absolute atomic E-state index is 11.3. The number of nitrogens with zero attached hydrogens (tertiary/aromatic N) is 1. The number of carbonyl (C=O) groups is 1. The van der Waals surface area contributed by atoms with Crippen molar-refractivity contribution in [3.05, 3.63) is 78.6 Å². The molecule has 0 aliphatic rings. The molecular formula is C21H21N3O2. The average Bonchev–Trinajstić information content (AvgIpc) is 2.69. The molecule has 0 spiro atoms. The van der Waals surface area contributed by atoms with Crippen molar-refractivity contribution in [2.75, 3.05) is 17.2 Å². The van der Waals surface area contributed by atoms with E-state index in [1.807, 2.05) is 36.4 Å². The van der Waals surface area contributed by atoms with Crippen molar-refractivity contribution in [2.45, 2.75) is 13.0 Å². The number of aliphatic hydroxyl groups is 1. The molecule has 3 N–H and O–H groups in total. The highest BCUT2D eigenvalue weighted by Crippen LogP contribution is 2.26. The van der Waals surface area contributed by atoms with E-state index in [2.05, 4.69) is 40.7 Å². The molecule has 0 bridgehead atoms. The normalized spacial score (nSPS) is 11.6. The summed E-state index contributed by atoms with van der Waals surface area (Å²) in [6.07, 6.45) is 3.58. The summed E-state index contributed by atoms with van der Waals surface area (Å²) in [6.45, 7) is 1.56. The van der Waals surface area contributed by atoms with Gasteiger partial charge >= 0.3 is 0 Å². The van der Waals surface area contributed by atoms with Gasteiger partial charge in [-0.25, -0.2) is 0 Å². The predicted molar refractivity (Wildman–Crippen MR) is 104 cm³/mol. The zero-order valence-corrected chi connectivity index (χ0v) is 14.5. The Labute approximate surface area is 152 Å². The van der Waals surface area contributed by atoms with Gasteiger partial charge in [-0.15, -0.1) is 0 Å². The molecule has 3 rings (SSSR count). The van der Waals surface area contributed by atoms with Crippen LogP contribution in [-0.4, -0.2) is 22.6 Å². The molecule has 5 nitrogen and oxygen atoms in total. The van der Waals surface area contributed by atoms with Gasteiger partial charge in [0.05, 0.1) is 0 Å². The van der Waals surface area contributed by atoms with Crippen LogP contribution in [0.3, 0.4) is 0 Å². The Hall–Kier alpha value is -3.18. The van der Waals surface area contributed by atoms with Crippen LogP contribution in [0.5, 0.6) is 0 Å². The highest BCUT2D eigenvalue weighted by Gasteiger charge is 2.08. The molecule has 3 aromatic rings. The lowest BCUT2D eigenvalue weighted by Gasteiger charge is -2.17. The van der Waals surface area contributed by atoms with E-state index < -0.39 is 12.5 Å². The molecule has 0 fully saturated rings. The highest BCUT2D eigenvalue weighted by atomic mass is 16.3. The third-order valence-corrected chi connectivity index (χ3v) is 4.07. The van der Waals surface area contributed by atoms with Crippen LogP contribution in [0.15, 0.2) is 73.1 Å². The molecule has 0 aliphatic heterocycles. The lowest BCUT2D eigenvalue weighted by Crippen LogP contribution is -2.15. The first-order chi connectivity index (χ1) is 12.7. The fourth-order valence-electron chi connectivity index (χ4n) is 2.75. The van der Waals surface area contributed by atoms with Gasteiger partial charge in [-0.05, 0) is 60.0 Å². The number of nitrogens with one attached hydrogen (secondary N) is 2. The molecule has 0 aliphatic carbocycles. The number of benzene rings is 2. The summed E-state index contributed by atoms with van der Waals surface area (Å²) in [4.78, 5) is 15.4. The zero-order valence-electron chi connectivity index (χ0n) is 14.5. The maximum Gasteiger partial charge on any atom is 0.250 e. The maximum atomic E-state index is 11.3. The van der Waals surface area contributed by atoms with Gasteiger partial charge in [0.15, 0.2) is 0 Å². The van der Waals surface area contributed by atoms with Crippen LogP contribution in [0.1, 0.15) is 18.5 Å². The van der Waals surface area contributed by atoms with Crippen LogP contribution in [-0.2, 0) is 4.79 Å². The number of anilines is 2. The van der Waals surface area contributed by atoms with E-state index in [0.717, 1.165) is 22.4 Å². The highest BCUT2D eigenvalue weighted by molar-refractivity contribution is 5.92. The second-order valence-corrected chi connectivity index (χ2v) is 6.01. The molecule has 1 amide bonds. The smallest absolute Gasteiger partial charge is 0.250 e. The summed E-state index contributed by atoms with van der Waals surface area (Å²) in [7, 11) is 0. The van der Waals surface area contributed by atoms with Crippen molar-refractivity contribution in [2.24, 2.45) is 0 Å². The molecule has 0 saturated heterocycles. The van der Waals surface area contributed by atoms with Gasteiger partial charge in [0.25, 0.3) is 0 Å². The molecule has 1 atom stereocenters. The van der Waals surface area contributed by atoms with Crippen molar-refractivity contribution >= 4 is 17.3 Å². The van der Waals surface area contributed by atoms with Crippen molar-refractivity contribution in [3.63, 3.8) is 0 Å². The van der Waals surface area contributed by atoms with Crippen molar-refractivity contribution < 1.29 is 9.90 Å². The number of aromatic nitrogens is 1. The topological polar surface area (TPSA) is 74.2 Å². The molecule has 1 heterocycles. The number of pyridine rings is 1. The van der Waals surface area contributed by atoms with Gasteiger partial charge in [-0.2, -0.15) is 0 Å². The van der Waals surface area contributed by atoms with Crippen molar-refractivity contribution in [1.29, 1.82) is 0 Å². The molecule has 26 heavy (non-hydrogen) atoms. The monoisotopic (exact) mass is 347 g/mol. The van der Waals surface area contributed by atoms with E-state index in [1.54, 1.807) is 18.5 Å². The molecule has 0 saturated carbocycles. The summed E-state index contributed by atoms with van der Waals surface area (Å²) >= 11 is 0. The van der Waals surface area contributed by atoms with Gasteiger partial charge < -0.3 is 15.7 Å². The Morgan fingerprint density at radius 3 is 2.50 bits per heavy atom. The molecular weight excluding hydrogens is 326 g/mol. The Morgan fingerprint density at radius 2 is 1.73 bits per heavy atom. The number of carbonyl (C=O) groups excluding carboxylic acids is 1. The lowest BCUT2D eigenvalue weighted by molar-refractivity contribution is -0.118. The Bertz CT molecular complexity index is 881. The van der Waals surface area contributed by atoms with Crippen LogP contribution >= 0.6 is 0 Å². The van der Waals surface area contributed by atoms with E-state index in [9.17, 15) is 4.79 Å². The summed E-state index contributed by atoms with van der Waals surface area (Å²) < 4.78 is 0. The van der Waals surface area contributed by atoms with Crippen LogP contribution in [0.25, 0.3) is 11.1 Å². The standard InChI is InChI=1S/C21H21N3O2/c1-15(23-19-6-3-7-20(13-19)24-21(26)14-25)17-4-2-5-18(12-17)16-8-10-22-11-9-16/h2-13,15,23,25H,14H2,1H3,(H,24,26). The molecule has 132 valence electrons. The first kappa shape index (κ1) is 17.6. The first-order valence-corrected chi connectivity index (χ1v) is 8.43. The predicted octanol–water partition coefficient (Wildman–Crippen LogP) is 3.85. The number of amides is 1. The summed E-state index contributed by atoms with van der Waals surface area (Å²) in [5, 5.41) is 14.9. The third kappa shape index (κ3) is 4.46.